The molecule has 2 aromatic rings. The number of ether oxygens (including phenoxy) is 1. The minimum absolute atomic E-state index is 0. The number of amides is 1. The number of aliphatic imine (C=N–C) groups is 1. The second-order valence-corrected chi connectivity index (χ2v) is 5.23. The summed E-state index contributed by atoms with van der Waals surface area (Å²) in [5.41, 5.74) is 11.9. The van der Waals surface area contributed by atoms with Gasteiger partial charge >= 0.3 is 6.36 Å². The van der Waals surface area contributed by atoms with E-state index in [1.165, 1.54) is 12.1 Å². The van der Waals surface area contributed by atoms with E-state index < -0.39 is 18.2 Å². The molecule has 0 saturated heterocycles. The highest BCUT2D eigenvalue weighted by molar-refractivity contribution is 5.95. The largest absolute Gasteiger partial charge is 0.573 e. The molecule has 5 nitrogen and oxygen atoms in total. The monoisotopic (exact) mass is 387 g/mol. The first-order valence-electron chi connectivity index (χ1n) is 7.28. The molecule has 0 aromatic heterocycles. The lowest BCUT2D eigenvalue weighted by Gasteiger charge is -2.15. The Balaban J connectivity index is 0.00000338. The summed E-state index contributed by atoms with van der Waals surface area (Å²) in [7, 11) is 0. The lowest BCUT2D eigenvalue weighted by Crippen LogP contribution is -2.26. The lowest BCUT2D eigenvalue weighted by molar-refractivity contribution is -0.274. The average Bonchev–Trinajstić information content (AvgIpc) is 2.52. The first kappa shape index (κ1) is 21.3. The Morgan fingerprint density at radius 3 is 2.12 bits per heavy atom. The van der Waals surface area contributed by atoms with E-state index in [4.69, 9.17) is 11.5 Å². The Morgan fingerprint density at radius 1 is 1.04 bits per heavy atom. The van der Waals surface area contributed by atoms with E-state index >= 15 is 0 Å². The highest BCUT2D eigenvalue weighted by atomic mass is 35.5. The number of nitrogens with two attached hydrogens (primary N) is 2. The molecule has 9 heteroatoms. The number of hydrogen-bond acceptors (Lipinski definition) is 2. The Labute approximate surface area is 154 Å². The zero-order valence-corrected chi connectivity index (χ0v) is 14.3. The molecule has 0 aliphatic heterocycles. The molecule has 0 spiro atoms. The number of benzene rings is 2. The maximum absolute atomic E-state index is 12.3. The topological polar surface area (TPSA) is 90.7 Å². The van der Waals surface area contributed by atoms with E-state index in [-0.39, 0.29) is 24.1 Å². The molecule has 0 radical (unpaired) electrons. The van der Waals surface area contributed by atoms with Crippen molar-refractivity contribution in [3.05, 3.63) is 65.7 Å². The third-order valence-corrected chi connectivity index (χ3v) is 3.34. The molecule has 1 amide bonds. The van der Waals surface area contributed by atoms with Crippen molar-refractivity contribution in [2.75, 3.05) is 0 Å². The summed E-state index contributed by atoms with van der Waals surface area (Å²) in [5, 5.41) is 0. The maximum atomic E-state index is 12.3. The smallest absolute Gasteiger partial charge is 0.406 e. The van der Waals surface area contributed by atoms with Crippen molar-refractivity contribution < 1.29 is 22.7 Å². The van der Waals surface area contributed by atoms with E-state index in [1.54, 1.807) is 0 Å². The molecule has 2 rings (SSSR count). The molecule has 1 unspecified atom stereocenters. The van der Waals surface area contributed by atoms with Gasteiger partial charge in [-0.2, -0.15) is 4.99 Å². The molecule has 140 valence electrons. The van der Waals surface area contributed by atoms with Crippen molar-refractivity contribution in [2.24, 2.45) is 16.5 Å². The summed E-state index contributed by atoms with van der Waals surface area (Å²) in [5.74, 6) is -2.05. The first-order valence-corrected chi connectivity index (χ1v) is 7.28. The van der Waals surface area contributed by atoms with Gasteiger partial charge in [0.25, 0.3) is 5.91 Å². The average molecular weight is 388 g/mol. The Bertz CT molecular complexity index is 746. The summed E-state index contributed by atoms with van der Waals surface area (Å²) in [6.45, 7) is 0. The first-order chi connectivity index (χ1) is 11.7. The normalized spacial score (nSPS) is 11.8. The molecule has 4 N–H and O–H groups in total. The van der Waals surface area contributed by atoms with Gasteiger partial charge in [0, 0.05) is 0 Å². The number of carbonyl (C=O) groups excluding carboxylic acids is 1. The van der Waals surface area contributed by atoms with Crippen LogP contribution >= 0.6 is 12.4 Å². The van der Waals surface area contributed by atoms with Crippen LogP contribution in [0.4, 0.5) is 13.2 Å². The van der Waals surface area contributed by atoms with E-state index in [1.807, 2.05) is 30.3 Å². The molecular weight excluding hydrogens is 371 g/mol. The van der Waals surface area contributed by atoms with Crippen molar-refractivity contribution >= 4 is 24.3 Å². The van der Waals surface area contributed by atoms with Crippen molar-refractivity contribution in [3.63, 3.8) is 0 Å². The van der Waals surface area contributed by atoms with Gasteiger partial charge < -0.3 is 16.2 Å². The number of alkyl halides is 3. The molecule has 2 aromatic carbocycles. The fourth-order valence-corrected chi connectivity index (χ4v) is 2.30. The van der Waals surface area contributed by atoms with Gasteiger partial charge in [0.15, 0.2) is 5.96 Å². The van der Waals surface area contributed by atoms with Crippen molar-refractivity contribution in [3.8, 4) is 5.75 Å². The van der Waals surface area contributed by atoms with E-state index in [0.29, 0.717) is 12.0 Å². The maximum Gasteiger partial charge on any atom is 0.573 e. The second-order valence-electron chi connectivity index (χ2n) is 5.23. The van der Waals surface area contributed by atoms with Gasteiger partial charge in [-0.3, -0.25) is 4.79 Å². The zero-order valence-electron chi connectivity index (χ0n) is 13.4. The number of guanidine groups is 1. The highest BCUT2D eigenvalue weighted by Crippen LogP contribution is 2.27. The fourth-order valence-electron chi connectivity index (χ4n) is 2.30. The Kier molecular flexibility index (Phi) is 7.45. The van der Waals surface area contributed by atoms with Crippen LogP contribution in [-0.2, 0) is 11.2 Å². The predicted molar refractivity (Wildman–Crippen MR) is 94.1 cm³/mol. The quantitative estimate of drug-likeness (QED) is 0.609. The van der Waals surface area contributed by atoms with Gasteiger partial charge in [-0.25, -0.2) is 0 Å². The van der Waals surface area contributed by atoms with E-state index in [0.717, 1.165) is 17.7 Å². The number of rotatable bonds is 5. The molecule has 0 aliphatic carbocycles. The van der Waals surface area contributed by atoms with Crippen LogP contribution in [0.25, 0.3) is 0 Å². The lowest BCUT2D eigenvalue weighted by atomic mass is 9.91. The zero-order chi connectivity index (χ0) is 18.4. The van der Waals surface area contributed by atoms with E-state index in [2.05, 4.69) is 9.73 Å². The summed E-state index contributed by atoms with van der Waals surface area (Å²) in [4.78, 5) is 15.9. The Morgan fingerprint density at radius 2 is 1.62 bits per heavy atom. The van der Waals surface area contributed by atoms with Crippen LogP contribution in [0, 0.1) is 0 Å². The van der Waals surface area contributed by atoms with Crippen molar-refractivity contribution in [1.29, 1.82) is 0 Å². The van der Waals surface area contributed by atoms with Gasteiger partial charge in [-0.05, 0) is 29.7 Å². The minimum atomic E-state index is -4.78. The minimum Gasteiger partial charge on any atom is -0.406 e. The molecule has 0 saturated carbocycles. The van der Waals surface area contributed by atoms with Crippen molar-refractivity contribution in [2.45, 2.75) is 18.7 Å². The summed E-state index contributed by atoms with van der Waals surface area (Å²) >= 11 is 0. The van der Waals surface area contributed by atoms with Crippen LogP contribution in [0.15, 0.2) is 59.6 Å². The van der Waals surface area contributed by atoms with Crippen LogP contribution in [0.3, 0.4) is 0 Å². The van der Waals surface area contributed by atoms with Gasteiger partial charge in [0.2, 0.25) is 0 Å². The number of nitrogens with zero attached hydrogens (tertiary/aromatic N) is 1. The molecule has 0 aliphatic rings. The van der Waals surface area contributed by atoms with Gasteiger partial charge in [-0.15, -0.1) is 25.6 Å². The molecule has 1 atom stereocenters. The standard InChI is InChI=1S/C17H16F3N3O2.ClH/c18-17(19,20)25-13-8-6-12(7-9-13)14(15(24)23-16(21)22)10-11-4-2-1-3-5-11;/h1-9,14H,10H2,(H4,21,22,23,24);1H. The van der Waals surface area contributed by atoms with Crippen LogP contribution in [0.2, 0.25) is 0 Å². The van der Waals surface area contributed by atoms with Crippen molar-refractivity contribution in [1.82, 2.24) is 0 Å². The molecule has 0 fully saturated rings. The third kappa shape index (κ3) is 6.64. The Hall–Kier alpha value is -2.74. The number of hydrogen-bond donors (Lipinski definition) is 2. The summed E-state index contributed by atoms with van der Waals surface area (Å²) in [6.07, 6.45) is -4.48. The summed E-state index contributed by atoms with van der Waals surface area (Å²) in [6, 6.07) is 14.2. The predicted octanol–water partition coefficient (Wildman–Crippen LogP) is 3.13. The third-order valence-electron chi connectivity index (χ3n) is 3.34. The van der Waals surface area contributed by atoms with Crippen LogP contribution in [-0.4, -0.2) is 18.2 Å². The molecule has 0 heterocycles. The van der Waals surface area contributed by atoms with Gasteiger partial charge in [-0.1, -0.05) is 42.5 Å². The van der Waals surface area contributed by atoms with Crippen LogP contribution < -0.4 is 16.2 Å². The molecule has 26 heavy (non-hydrogen) atoms. The number of halogens is 4. The SMILES string of the molecule is Cl.NC(N)=NC(=O)C(Cc1ccccc1)c1ccc(OC(F)(F)F)cc1. The van der Waals surface area contributed by atoms with Gasteiger partial charge in [0.1, 0.15) is 5.75 Å². The van der Waals surface area contributed by atoms with Gasteiger partial charge in [0.05, 0.1) is 5.92 Å². The second kappa shape index (κ2) is 9.10. The highest BCUT2D eigenvalue weighted by Gasteiger charge is 2.31. The molecular formula is C17H17ClF3N3O2. The van der Waals surface area contributed by atoms with Crippen LogP contribution in [0.1, 0.15) is 17.0 Å². The fraction of sp³-hybridized carbons (Fsp3) is 0.176. The van der Waals surface area contributed by atoms with E-state index in [9.17, 15) is 18.0 Å². The van der Waals surface area contributed by atoms with Crippen LogP contribution in [0.5, 0.6) is 5.75 Å². The summed E-state index contributed by atoms with van der Waals surface area (Å²) < 4.78 is 40.5. The number of carbonyl (C=O) groups is 1. The molecule has 0 bridgehead atoms.